The highest BCUT2D eigenvalue weighted by Gasteiger charge is 2.54. The minimum atomic E-state index is -5.09. The summed E-state index contributed by atoms with van der Waals surface area (Å²) >= 11 is 0.468. The Morgan fingerprint density at radius 1 is 1.48 bits per heavy atom. The fraction of sp³-hybridized carbons (Fsp3) is 0.357. The number of halogens is 3. The molecule has 0 aromatic carbocycles. The lowest BCUT2D eigenvalue weighted by atomic mass is 9.79. The Labute approximate surface area is 143 Å². The van der Waals surface area contributed by atoms with Gasteiger partial charge < -0.3 is 20.1 Å². The van der Waals surface area contributed by atoms with Gasteiger partial charge in [-0.1, -0.05) is 11.9 Å². The predicted octanol–water partition coefficient (Wildman–Crippen LogP) is 1.75. The first kappa shape index (κ1) is 17.7. The van der Waals surface area contributed by atoms with E-state index in [9.17, 15) is 33.1 Å². The van der Waals surface area contributed by atoms with E-state index in [0.29, 0.717) is 16.4 Å². The number of Topliss-reactive ketones (excluding diaryl/α,β-unsaturated/α-hetero) is 1. The number of aliphatic carboxylic acids is 1. The molecule has 25 heavy (non-hydrogen) atoms. The summed E-state index contributed by atoms with van der Waals surface area (Å²) < 4.78 is 40.9. The van der Waals surface area contributed by atoms with E-state index in [-0.39, 0.29) is 4.91 Å². The third-order valence-electron chi connectivity index (χ3n) is 4.03. The molecule has 1 aliphatic carbocycles. The zero-order valence-electron chi connectivity index (χ0n) is 12.6. The summed E-state index contributed by atoms with van der Waals surface area (Å²) in [5.74, 6) is -4.52. The van der Waals surface area contributed by atoms with Crippen LogP contribution in [-0.2, 0) is 9.59 Å². The molecule has 0 amide bonds. The van der Waals surface area contributed by atoms with E-state index in [2.05, 4.69) is 10.3 Å². The van der Waals surface area contributed by atoms with Crippen molar-refractivity contribution in [3.05, 3.63) is 39.1 Å². The van der Waals surface area contributed by atoms with Gasteiger partial charge in [0.2, 0.25) is 0 Å². The number of alkyl halides is 3. The monoisotopic (exact) mass is 374 g/mol. The molecule has 0 saturated heterocycles. The lowest BCUT2D eigenvalue weighted by Gasteiger charge is -2.31. The van der Waals surface area contributed by atoms with Crippen molar-refractivity contribution >= 4 is 29.9 Å². The van der Waals surface area contributed by atoms with Crippen LogP contribution in [0.1, 0.15) is 6.92 Å². The predicted molar refractivity (Wildman–Crippen MR) is 83.1 cm³/mol. The Kier molecular flexibility index (Phi) is 4.25. The summed E-state index contributed by atoms with van der Waals surface area (Å²) in [5.41, 5.74) is -3.38. The smallest absolute Gasteiger partial charge is 0.417 e. The molecule has 0 aromatic heterocycles. The first-order chi connectivity index (χ1) is 11.6. The number of rotatable bonds is 2. The summed E-state index contributed by atoms with van der Waals surface area (Å²) in [4.78, 5) is 28.0. The number of carbonyl (C=O) groups is 2. The Morgan fingerprint density at radius 3 is 2.68 bits per heavy atom. The number of allylic oxidation sites excluding steroid dienone is 1. The van der Waals surface area contributed by atoms with Crippen molar-refractivity contribution in [2.24, 2.45) is 10.9 Å². The van der Waals surface area contributed by atoms with Gasteiger partial charge in [-0.05, 0) is 24.8 Å². The fourth-order valence-electron chi connectivity index (χ4n) is 2.98. The van der Waals surface area contributed by atoms with E-state index in [1.54, 1.807) is 0 Å². The molecule has 3 atom stereocenters. The maximum atomic E-state index is 13.5. The SMILES string of the molecule is CC1C2=C(SN1[O-])C(C1N=CC=CN1)C(=O)C(C(=O)O)=C2C(F)(F)F. The number of carboxylic acids is 1. The van der Waals surface area contributed by atoms with Crippen molar-refractivity contribution in [2.75, 3.05) is 0 Å². The van der Waals surface area contributed by atoms with E-state index in [1.165, 1.54) is 25.4 Å². The van der Waals surface area contributed by atoms with Crippen molar-refractivity contribution in [2.45, 2.75) is 25.3 Å². The molecule has 7 nitrogen and oxygen atoms in total. The van der Waals surface area contributed by atoms with E-state index >= 15 is 0 Å². The first-order valence-electron chi connectivity index (χ1n) is 7.06. The highest BCUT2D eigenvalue weighted by molar-refractivity contribution is 8.01. The van der Waals surface area contributed by atoms with Gasteiger partial charge in [0, 0.05) is 17.2 Å². The molecule has 0 bridgehead atoms. The summed E-state index contributed by atoms with van der Waals surface area (Å²) in [6.07, 6.45) is -1.78. The molecule has 134 valence electrons. The quantitative estimate of drug-likeness (QED) is 0.560. The molecule has 0 fully saturated rings. The van der Waals surface area contributed by atoms with Crippen LogP contribution in [0.3, 0.4) is 0 Å². The zero-order chi connectivity index (χ0) is 18.5. The van der Waals surface area contributed by atoms with Crippen molar-refractivity contribution < 1.29 is 27.9 Å². The average molecular weight is 374 g/mol. The molecule has 0 radical (unpaired) electrons. The molecular weight excluding hydrogens is 363 g/mol. The number of carboxylic acid groups (broad SMARTS) is 1. The number of nitrogens with one attached hydrogen (secondary N) is 1. The maximum Gasteiger partial charge on any atom is 0.417 e. The molecule has 0 spiro atoms. The van der Waals surface area contributed by atoms with Crippen LogP contribution in [-0.4, -0.2) is 45.9 Å². The van der Waals surface area contributed by atoms with Gasteiger partial charge in [-0.2, -0.15) is 13.2 Å². The van der Waals surface area contributed by atoms with Gasteiger partial charge in [0.15, 0.2) is 5.78 Å². The largest absolute Gasteiger partial charge is 0.775 e. The number of hydroxylamine groups is 1. The summed E-state index contributed by atoms with van der Waals surface area (Å²) in [5, 5.41) is 23.9. The highest BCUT2D eigenvalue weighted by atomic mass is 32.2. The molecule has 3 rings (SSSR count). The molecule has 11 heteroatoms. The van der Waals surface area contributed by atoms with E-state index < -0.39 is 52.8 Å². The second-order valence-electron chi connectivity index (χ2n) is 5.49. The van der Waals surface area contributed by atoms with Crippen LogP contribution >= 0.6 is 11.9 Å². The van der Waals surface area contributed by atoms with Crippen LogP contribution in [0.2, 0.25) is 0 Å². The van der Waals surface area contributed by atoms with Crippen LogP contribution < -0.4 is 5.32 Å². The summed E-state index contributed by atoms with van der Waals surface area (Å²) in [6, 6.07) is -1.25. The van der Waals surface area contributed by atoms with Crippen molar-refractivity contribution in [3.63, 3.8) is 0 Å². The number of ketones is 1. The van der Waals surface area contributed by atoms with Gasteiger partial charge in [-0.15, -0.1) is 0 Å². The van der Waals surface area contributed by atoms with Gasteiger partial charge in [0.25, 0.3) is 0 Å². The molecule has 0 aromatic rings. The summed E-state index contributed by atoms with van der Waals surface area (Å²) in [7, 11) is 0. The van der Waals surface area contributed by atoms with Gasteiger partial charge >= 0.3 is 12.1 Å². The molecule has 2 aliphatic heterocycles. The number of hydrogen-bond donors (Lipinski definition) is 2. The molecule has 3 aliphatic rings. The third-order valence-corrected chi connectivity index (χ3v) is 5.19. The fourth-order valence-corrected chi connectivity index (χ4v) is 4.16. The second-order valence-corrected chi connectivity index (χ2v) is 6.48. The van der Waals surface area contributed by atoms with Crippen molar-refractivity contribution in [1.29, 1.82) is 0 Å². The topological polar surface area (TPSA) is 105 Å². The number of carbonyl (C=O) groups excluding carboxylic acids is 1. The normalized spacial score (nSPS) is 30.0. The third kappa shape index (κ3) is 2.77. The first-order valence-corrected chi connectivity index (χ1v) is 7.84. The van der Waals surface area contributed by atoms with E-state index in [0.717, 1.165) is 0 Å². The maximum absolute atomic E-state index is 13.5. The van der Waals surface area contributed by atoms with Gasteiger partial charge in [0.1, 0.15) is 11.7 Å². The molecule has 2 N–H and O–H groups in total. The van der Waals surface area contributed by atoms with Gasteiger partial charge in [-0.3, -0.25) is 9.79 Å². The van der Waals surface area contributed by atoms with Crippen LogP contribution in [0.25, 0.3) is 0 Å². The van der Waals surface area contributed by atoms with E-state index in [4.69, 9.17) is 0 Å². The van der Waals surface area contributed by atoms with Crippen LogP contribution in [0, 0.1) is 11.1 Å². The lowest BCUT2D eigenvalue weighted by molar-refractivity contribution is -0.137. The van der Waals surface area contributed by atoms with Crippen LogP contribution in [0.5, 0.6) is 0 Å². The Balaban J connectivity index is 2.24. The second kappa shape index (κ2) is 6.00. The van der Waals surface area contributed by atoms with Crippen LogP contribution in [0.15, 0.2) is 38.9 Å². The Morgan fingerprint density at radius 2 is 2.16 bits per heavy atom. The summed E-state index contributed by atoms with van der Waals surface area (Å²) in [6.45, 7) is 1.23. The highest BCUT2D eigenvalue weighted by Crippen LogP contribution is 2.53. The zero-order valence-corrected chi connectivity index (χ0v) is 13.4. The molecule has 3 unspecified atom stereocenters. The van der Waals surface area contributed by atoms with Crippen molar-refractivity contribution in [1.82, 2.24) is 9.79 Å². The molecule has 0 saturated carbocycles. The molecule has 2 heterocycles. The Bertz CT molecular complexity index is 772. The van der Waals surface area contributed by atoms with Crippen LogP contribution in [0.4, 0.5) is 13.2 Å². The Hall–Kier alpha value is -2.11. The van der Waals surface area contributed by atoms with Gasteiger partial charge in [0.05, 0.1) is 11.5 Å². The number of nitrogens with zero attached hydrogens (tertiary/aromatic N) is 2. The number of hydrogen-bond acceptors (Lipinski definition) is 7. The minimum absolute atomic E-state index is 0.116. The number of aliphatic imine (C=N–C) groups is 1. The van der Waals surface area contributed by atoms with E-state index in [1.807, 2.05) is 0 Å². The van der Waals surface area contributed by atoms with Crippen molar-refractivity contribution in [3.8, 4) is 0 Å². The standard InChI is InChI=1S/C14H11F3N3O4S/c1-5-6-9(14(15,16)17)7(13(22)23)10(21)8(11(6)25-20(5)24)12-18-3-2-4-19-12/h2-5,8,12,18H,1H3,(H,22,23)/q-1. The minimum Gasteiger partial charge on any atom is -0.775 e. The molecular formula is C14H11F3N3O4S-. The van der Waals surface area contributed by atoms with Gasteiger partial charge in [-0.25, -0.2) is 4.79 Å². The lowest BCUT2D eigenvalue weighted by Crippen LogP contribution is -2.43. The average Bonchev–Trinajstić information content (AvgIpc) is 2.80.